The molecule has 0 saturated heterocycles. The molecule has 0 radical (unpaired) electrons. The number of benzene rings is 2. The van der Waals surface area contributed by atoms with Gasteiger partial charge in [0, 0.05) is 15.2 Å². The standard InChI is InChI=1S/C16H10BrClN2O/c17-13-5-3-6-14(9-13)20-16(21)12(10-19)8-11-4-1-2-7-15(11)18/h1-9H,(H,20,21)/b12-8+. The molecule has 0 fully saturated rings. The maximum atomic E-state index is 12.1. The highest BCUT2D eigenvalue weighted by atomic mass is 79.9. The van der Waals surface area contributed by atoms with Crippen molar-refractivity contribution in [3.63, 3.8) is 0 Å². The number of anilines is 1. The molecule has 0 heterocycles. The minimum Gasteiger partial charge on any atom is -0.321 e. The lowest BCUT2D eigenvalue weighted by atomic mass is 10.1. The SMILES string of the molecule is N#C/C(=C\c1ccccc1Cl)C(=O)Nc1cccc(Br)c1. The molecular weight excluding hydrogens is 352 g/mol. The van der Waals surface area contributed by atoms with Gasteiger partial charge >= 0.3 is 0 Å². The Bertz CT molecular complexity index is 750. The molecule has 5 heteroatoms. The number of carbonyl (C=O) groups excluding carboxylic acids is 1. The highest BCUT2D eigenvalue weighted by Gasteiger charge is 2.10. The number of halogens is 2. The number of rotatable bonds is 3. The summed E-state index contributed by atoms with van der Waals surface area (Å²) in [4.78, 5) is 12.1. The van der Waals surface area contributed by atoms with E-state index in [2.05, 4.69) is 21.2 Å². The van der Waals surface area contributed by atoms with Crippen LogP contribution in [0.3, 0.4) is 0 Å². The predicted molar refractivity (Wildman–Crippen MR) is 87.8 cm³/mol. The first kappa shape index (κ1) is 15.3. The molecule has 0 aliphatic carbocycles. The molecule has 0 unspecified atom stereocenters. The molecule has 0 aliphatic rings. The van der Waals surface area contributed by atoms with Crippen LogP contribution in [0.5, 0.6) is 0 Å². The normalized spacial score (nSPS) is 10.8. The number of hydrogen-bond donors (Lipinski definition) is 1. The van der Waals surface area contributed by atoms with Crippen molar-refractivity contribution in [1.82, 2.24) is 0 Å². The Hall–Kier alpha value is -2.09. The smallest absolute Gasteiger partial charge is 0.266 e. The summed E-state index contributed by atoms with van der Waals surface area (Å²) >= 11 is 9.34. The monoisotopic (exact) mass is 360 g/mol. The summed E-state index contributed by atoms with van der Waals surface area (Å²) < 4.78 is 0.842. The lowest BCUT2D eigenvalue weighted by Crippen LogP contribution is -2.13. The Morgan fingerprint density at radius 2 is 2.00 bits per heavy atom. The van der Waals surface area contributed by atoms with Crippen LogP contribution in [0.2, 0.25) is 5.02 Å². The van der Waals surface area contributed by atoms with Crippen molar-refractivity contribution in [1.29, 1.82) is 5.26 Å². The van der Waals surface area contributed by atoms with E-state index >= 15 is 0 Å². The van der Waals surface area contributed by atoms with Crippen molar-refractivity contribution in [3.8, 4) is 6.07 Å². The van der Waals surface area contributed by atoms with Gasteiger partial charge in [0.1, 0.15) is 11.6 Å². The maximum absolute atomic E-state index is 12.1. The molecule has 2 aromatic rings. The summed E-state index contributed by atoms with van der Waals surface area (Å²) in [7, 11) is 0. The average Bonchev–Trinajstić information content (AvgIpc) is 2.46. The third-order valence-corrected chi connectivity index (χ3v) is 3.49. The number of nitriles is 1. The van der Waals surface area contributed by atoms with Crippen LogP contribution >= 0.6 is 27.5 Å². The fourth-order valence-corrected chi connectivity index (χ4v) is 2.25. The molecule has 3 nitrogen and oxygen atoms in total. The molecule has 0 saturated carbocycles. The number of nitrogens with zero attached hydrogens (tertiary/aromatic N) is 1. The summed E-state index contributed by atoms with van der Waals surface area (Å²) in [5.41, 5.74) is 1.22. The Morgan fingerprint density at radius 1 is 1.24 bits per heavy atom. The van der Waals surface area contributed by atoms with Gasteiger partial charge in [0.15, 0.2) is 0 Å². The van der Waals surface area contributed by atoms with Crippen molar-refractivity contribution >= 4 is 45.2 Å². The topological polar surface area (TPSA) is 52.9 Å². The summed E-state index contributed by atoms with van der Waals surface area (Å²) in [6.45, 7) is 0. The van der Waals surface area contributed by atoms with Crippen LogP contribution in [0, 0.1) is 11.3 Å². The Balaban J connectivity index is 2.24. The van der Waals surface area contributed by atoms with Crippen molar-refractivity contribution in [2.24, 2.45) is 0 Å². The highest BCUT2D eigenvalue weighted by molar-refractivity contribution is 9.10. The third kappa shape index (κ3) is 4.19. The zero-order valence-corrected chi connectivity index (χ0v) is 13.1. The molecule has 0 spiro atoms. The van der Waals surface area contributed by atoms with E-state index in [0.717, 1.165) is 4.47 Å². The molecule has 2 aromatic carbocycles. The average molecular weight is 362 g/mol. The minimum absolute atomic E-state index is 0.0110. The lowest BCUT2D eigenvalue weighted by molar-refractivity contribution is -0.112. The lowest BCUT2D eigenvalue weighted by Gasteiger charge is -2.05. The van der Waals surface area contributed by atoms with Crippen LogP contribution in [-0.2, 0) is 4.79 Å². The van der Waals surface area contributed by atoms with Crippen LogP contribution in [0.15, 0.2) is 58.6 Å². The van der Waals surface area contributed by atoms with Gasteiger partial charge in [-0.25, -0.2) is 0 Å². The van der Waals surface area contributed by atoms with Crippen molar-refractivity contribution < 1.29 is 4.79 Å². The van der Waals surface area contributed by atoms with E-state index < -0.39 is 5.91 Å². The molecule has 104 valence electrons. The van der Waals surface area contributed by atoms with E-state index in [1.165, 1.54) is 6.08 Å². The van der Waals surface area contributed by atoms with Crippen LogP contribution in [0.1, 0.15) is 5.56 Å². The first-order chi connectivity index (χ1) is 10.1. The molecule has 1 amide bonds. The number of amides is 1. The van der Waals surface area contributed by atoms with Gasteiger partial charge in [-0.05, 0) is 35.9 Å². The molecule has 0 bridgehead atoms. The fourth-order valence-electron chi connectivity index (χ4n) is 1.66. The second-order valence-electron chi connectivity index (χ2n) is 4.16. The van der Waals surface area contributed by atoms with E-state index in [1.807, 2.05) is 12.1 Å². The van der Waals surface area contributed by atoms with Gasteiger partial charge in [-0.15, -0.1) is 0 Å². The van der Waals surface area contributed by atoms with E-state index in [4.69, 9.17) is 16.9 Å². The third-order valence-electron chi connectivity index (χ3n) is 2.65. The second kappa shape index (κ2) is 7.07. The zero-order valence-electron chi connectivity index (χ0n) is 10.8. The van der Waals surface area contributed by atoms with Gasteiger partial charge < -0.3 is 5.32 Å². The van der Waals surface area contributed by atoms with Crippen LogP contribution < -0.4 is 5.32 Å². The van der Waals surface area contributed by atoms with E-state index in [-0.39, 0.29) is 5.57 Å². The van der Waals surface area contributed by atoms with Gasteiger partial charge in [-0.3, -0.25) is 4.79 Å². The molecule has 0 aromatic heterocycles. The van der Waals surface area contributed by atoms with Gasteiger partial charge in [0.25, 0.3) is 5.91 Å². The van der Waals surface area contributed by atoms with Gasteiger partial charge in [-0.2, -0.15) is 5.26 Å². The Kier molecular flexibility index (Phi) is 5.15. The van der Waals surface area contributed by atoms with Gasteiger partial charge in [0.2, 0.25) is 0 Å². The summed E-state index contributed by atoms with van der Waals surface area (Å²) in [5.74, 6) is -0.476. The number of carbonyl (C=O) groups is 1. The first-order valence-electron chi connectivity index (χ1n) is 6.03. The number of nitrogens with one attached hydrogen (secondary N) is 1. The van der Waals surface area contributed by atoms with E-state index in [1.54, 1.807) is 42.5 Å². The highest BCUT2D eigenvalue weighted by Crippen LogP contribution is 2.20. The summed E-state index contributed by atoms with van der Waals surface area (Å²) in [6, 6.07) is 16.1. The first-order valence-corrected chi connectivity index (χ1v) is 7.20. The maximum Gasteiger partial charge on any atom is 0.266 e. The second-order valence-corrected chi connectivity index (χ2v) is 5.48. The van der Waals surface area contributed by atoms with Gasteiger partial charge in [-0.1, -0.05) is 51.8 Å². The van der Waals surface area contributed by atoms with E-state index in [0.29, 0.717) is 16.3 Å². The summed E-state index contributed by atoms with van der Waals surface area (Å²) in [6.07, 6.45) is 1.47. The molecule has 1 N–H and O–H groups in total. The van der Waals surface area contributed by atoms with Crippen molar-refractivity contribution in [2.75, 3.05) is 5.32 Å². The molecule has 0 atom stereocenters. The van der Waals surface area contributed by atoms with Gasteiger partial charge in [0.05, 0.1) is 0 Å². The molecule has 2 rings (SSSR count). The van der Waals surface area contributed by atoms with E-state index in [9.17, 15) is 4.79 Å². The van der Waals surface area contributed by atoms with Crippen molar-refractivity contribution in [3.05, 3.63) is 69.2 Å². The quantitative estimate of drug-likeness (QED) is 0.639. The Morgan fingerprint density at radius 3 is 2.67 bits per heavy atom. The molecule has 0 aliphatic heterocycles. The van der Waals surface area contributed by atoms with Crippen LogP contribution in [0.4, 0.5) is 5.69 Å². The zero-order chi connectivity index (χ0) is 15.2. The molecular formula is C16H10BrClN2O. The predicted octanol–water partition coefficient (Wildman–Crippen LogP) is 4.65. The van der Waals surface area contributed by atoms with Crippen molar-refractivity contribution in [2.45, 2.75) is 0 Å². The largest absolute Gasteiger partial charge is 0.321 e. The summed E-state index contributed by atoms with van der Waals surface area (Å²) in [5, 5.41) is 12.3. The fraction of sp³-hybridized carbons (Fsp3) is 0. The molecule has 21 heavy (non-hydrogen) atoms. The van der Waals surface area contributed by atoms with Crippen LogP contribution in [-0.4, -0.2) is 5.91 Å². The minimum atomic E-state index is -0.476. The Labute approximate surface area is 136 Å². The van der Waals surface area contributed by atoms with Crippen LogP contribution in [0.25, 0.3) is 6.08 Å². The number of hydrogen-bond acceptors (Lipinski definition) is 2.